The van der Waals surface area contributed by atoms with Crippen molar-refractivity contribution in [3.8, 4) is 11.1 Å². The van der Waals surface area contributed by atoms with Crippen molar-refractivity contribution in [3.05, 3.63) is 88.8 Å². The van der Waals surface area contributed by atoms with Crippen molar-refractivity contribution in [3.63, 3.8) is 0 Å². The average Bonchev–Trinajstić information content (AvgIpc) is 1.80. The van der Waals surface area contributed by atoms with E-state index in [1.807, 2.05) is 60.7 Å². The topological polar surface area (TPSA) is 223 Å². The van der Waals surface area contributed by atoms with Crippen LogP contribution in [0.2, 0.25) is 0 Å². The van der Waals surface area contributed by atoms with Crippen LogP contribution >= 0.6 is 0 Å². The Balaban J connectivity index is 1.36. The number of esters is 2. The molecule has 6 atom stereocenters. The van der Waals surface area contributed by atoms with Gasteiger partial charge in [0.15, 0.2) is 0 Å². The Bertz CT molecular complexity index is 2990. The van der Waals surface area contributed by atoms with Crippen LogP contribution in [-0.2, 0) is 38.2 Å². The molecule has 2 aromatic carbocycles. The molecule has 3 aromatic rings. The molecule has 2 heterocycles. The van der Waals surface area contributed by atoms with Crippen LogP contribution in [0.25, 0.3) is 22.8 Å². The Labute approximate surface area is 518 Å². The summed E-state index contributed by atoms with van der Waals surface area (Å²) in [5.41, 5.74) is 1.33. The highest BCUT2D eigenvalue weighted by Gasteiger charge is 2.51. The first kappa shape index (κ1) is 68.1. The number of hydrogen-bond donors (Lipinski definition) is 5. The van der Waals surface area contributed by atoms with E-state index < -0.39 is 59.4 Å². The third-order valence-electron chi connectivity index (χ3n) is 18.9. The molecule has 5 N–H and O–H groups in total. The van der Waals surface area contributed by atoms with Crippen LogP contribution in [0, 0.1) is 74.4 Å². The van der Waals surface area contributed by atoms with Crippen molar-refractivity contribution in [2.24, 2.45) is 79.4 Å². The molecule has 4 aliphatic rings. The number of H-pyrrole nitrogens is 1. The number of nitrogens with one attached hydrogen (secondary N) is 3. The molecule has 0 saturated heterocycles. The summed E-state index contributed by atoms with van der Waals surface area (Å²) in [6.07, 6.45) is 6.06. The summed E-state index contributed by atoms with van der Waals surface area (Å²) in [6.45, 7) is 36.7. The Hall–Kier alpha value is -6.35. The third kappa shape index (κ3) is 16.9. The van der Waals surface area contributed by atoms with Gasteiger partial charge in [0.05, 0.1) is 29.3 Å². The lowest BCUT2D eigenvalue weighted by Gasteiger charge is -2.50. The predicted octanol–water partition coefficient (Wildman–Crippen LogP) is 15.5. The molecular formula is C72H102N4O11. The molecule has 1 aromatic heterocycles. The number of allylic oxidation sites excluding steroid dienone is 1. The molecule has 6 unspecified atom stereocenters. The van der Waals surface area contributed by atoms with Crippen LogP contribution in [-0.4, -0.2) is 81.6 Å². The molecule has 15 nitrogen and oxygen atoms in total. The minimum atomic E-state index is -1.03. The number of ether oxygens (including phenoxy) is 3. The van der Waals surface area contributed by atoms with E-state index in [4.69, 9.17) is 19.2 Å². The van der Waals surface area contributed by atoms with Gasteiger partial charge in [-0.05, 0) is 108 Å². The molecule has 0 radical (unpaired) electrons. The average molecular weight is 1200 g/mol. The van der Waals surface area contributed by atoms with Gasteiger partial charge in [-0.2, -0.15) is 0 Å². The fourth-order valence-corrected chi connectivity index (χ4v) is 14.0. The quantitative estimate of drug-likeness (QED) is 0.0632. The number of carbonyl (C=O) groups excluding carboxylic acids is 4. The molecule has 0 spiro atoms. The highest BCUT2D eigenvalue weighted by Crippen LogP contribution is 2.53. The number of aliphatic carboxylic acids is 2. The standard InChI is InChI=1S/C72H102N4O11/c1-41-33-48(68(3,4)5)59(49(34-41)69(6,7)8)86-65(82)57-55(43-27-21-18-22-28-43)52(73-61(57)75-54(77)31-25-20-26-32-85-47-38-45(63(78)79)37-46(39-47)64(80)81)40-53-56(44-29-23-19-24-30-44)58(62(74-53)76-67(84)72(15,16)17)66(83)87-60-50(70(9,10)11)35-42(2)36-51(60)71(12,13)14/h18-19,21-24,27-30,40-42,45-51,59-60,73H,20,25-26,31-39H2,1-17H3,(H,75,77)(H,78,79)(H,80,81)(H,74,76,84). The number of amidine groups is 1. The van der Waals surface area contributed by atoms with Gasteiger partial charge in [-0.3, -0.25) is 19.2 Å². The van der Waals surface area contributed by atoms with Crippen molar-refractivity contribution >= 4 is 59.0 Å². The number of benzene rings is 2. The third-order valence-corrected chi connectivity index (χ3v) is 18.9. The van der Waals surface area contributed by atoms with Crippen molar-refractivity contribution in [1.82, 2.24) is 10.3 Å². The molecule has 15 heteroatoms. The summed E-state index contributed by atoms with van der Waals surface area (Å²) >= 11 is 0. The fourth-order valence-electron chi connectivity index (χ4n) is 14.0. The number of amides is 2. The highest BCUT2D eigenvalue weighted by atomic mass is 16.6. The smallest absolute Gasteiger partial charge is 0.342 e. The van der Waals surface area contributed by atoms with Crippen LogP contribution in [0.4, 0.5) is 5.82 Å². The number of aromatic nitrogens is 1. The summed E-state index contributed by atoms with van der Waals surface area (Å²) in [5, 5.41) is 25.6. The minimum absolute atomic E-state index is 0.00752. The zero-order chi connectivity index (χ0) is 64.3. The number of carboxylic acids is 2. The van der Waals surface area contributed by atoms with E-state index in [1.54, 1.807) is 26.8 Å². The first-order valence-corrected chi connectivity index (χ1v) is 32.0. The van der Waals surface area contributed by atoms with Crippen molar-refractivity contribution < 1.29 is 53.2 Å². The Kier molecular flexibility index (Phi) is 21.3. The number of aliphatic imine (C=N–C) groups is 1. The van der Waals surface area contributed by atoms with Crippen molar-refractivity contribution in [2.75, 3.05) is 11.9 Å². The largest absolute Gasteiger partial charge is 0.481 e. The summed E-state index contributed by atoms with van der Waals surface area (Å²) in [7, 11) is 0. The molecule has 3 aliphatic carbocycles. The van der Waals surface area contributed by atoms with Gasteiger partial charge >= 0.3 is 23.9 Å². The van der Waals surface area contributed by atoms with Gasteiger partial charge in [-0.25, -0.2) is 14.6 Å². The van der Waals surface area contributed by atoms with E-state index in [9.17, 15) is 29.4 Å². The van der Waals surface area contributed by atoms with E-state index in [0.717, 1.165) is 25.7 Å². The van der Waals surface area contributed by atoms with Crippen LogP contribution in [0.15, 0.2) is 76.9 Å². The summed E-state index contributed by atoms with van der Waals surface area (Å²) < 4.78 is 20.0. The molecule has 7 rings (SSSR count). The highest BCUT2D eigenvalue weighted by molar-refractivity contribution is 6.31. The van der Waals surface area contributed by atoms with E-state index in [0.29, 0.717) is 64.8 Å². The molecule has 87 heavy (non-hydrogen) atoms. The molecular weight excluding hydrogens is 1100 g/mol. The van der Waals surface area contributed by atoms with Crippen LogP contribution in [0.1, 0.15) is 210 Å². The molecule has 0 bridgehead atoms. The molecule has 3 fully saturated rings. The first-order valence-electron chi connectivity index (χ1n) is 32.0. The SMILES string of the molecule is CC1CC(C(C)(C)C)C(OC(=O)C2=C(c3ccccc3)C(=Cc3[nH]c(NC(=O)CCCCCOC4CC(C(=O)O)CC(C(=O)O)C4)c(C(=O)OC4C(C(C)(C)C)CC(C)CC4C(C)(C)C)c3-c3ccccc3)N=C2NC(=O)C(C)(C)C)C(C(C)(C)C)C1. The van der Waals surface area contributed by atoms with E-state index in [1.165, 1.54) is 0 Å². The second kappa shape index (κ2) is 27.2. The normalized spacial score (nSPS) is 26.2. The minimum Gasteiger partial charge on any atom is -0.481 e. The van der Waals surface area contributed by atoms with Crippen molar-refractivity contribution in [2.45, 2.75) is 207 Å². The maximum Gasteiger partial charge on any atom is 0.342 e. The second-order valence-corrected chi connectivity index (χ2v) is 31.3. The van der Waals surface area contributed by atoms with Gasteiger partial charge in [0.25, 0.3) is 0 Å². The number of unbranched alkanes of at least 4 members (excludes halogenated alkanes) is 2. The number of hydrogen-bond acceptors (Lipinski definition) is 10. The van der Waals surface area contributed by atoms with E-state index >= 15 is 9.59 Å². The van der Waals surface area contributed by atoms with E-state index in [-0.39, 0.29) is 112 Å². The second-order valence-electron chi connectivity index (χ2n) is 31.3. The number of aromatic amines is 1. The Morgan fingerprint density at radius 3 is 1.49 bits per heavy atom. The monoisotopic (exact) mass is 1200 g/mol. The van der Waals surface area contributed by atoms with E-state index in [2.05, 4.69) is 113 Å². The molecule has 476 valence electrons. The number of carbonyl (C=O) groups is 6. The Morgan fingerprint density at radius 2 is 1.05 bits per heavy atom. The zero-order valence-corrected chi connectivity index (χ0v) is 55.2. The fraction of sp³-hybridized carbons (Fsp3) is 0.625. The number of rotatable bonds is 17. The first-order chi connectivity index (χ1) is 40.4. The van der Waals surface area contributed by atoms with Crippen molar-refractivity contribution in [1.29, 1.82) is 0 Å². The lowest BCUT2D eigenvalue weighted by Crippen LogP contribution is -2.50. The predicted molar refractivity (Wildman–Crippen MR) is 343 cm³/mol. The van der Waals surface area contributed by atoms with Crippen LogP contribution in [0.5, 0.6) is 0 Å². The molecule has 2 amide bonds. The summed E-state index contributed by atoms with van der Waals surface area (Å²) in [5.74, 6) is -4.54. The van der Waals surface area contributed by atoms with Gasteiger partial charge in [0, 0.05) is 53.3 Å². The zero-order valence-electron chi connectivity index (χ0n) is 55.2. The number of carboxylic acid groups (broad SMARTS) is 2. The molecule has 1 aliphatic heterocycles. The molecule has 3 saturated carbocycles. The van der Waals surface area contributed by atoms with Gasteiger partial charge in [0.1, 0.15) is 35.0 Å². The van der Waals surface area contributed by atoms with Crippen LogP contribution in [0.3, 0.4) is 0 Å². The van der Waals surface area contributed by atoms with Gasteiger partial charge < -0.3 is 40.0 Å². The van der Waals surface area contributed by atoms with Gasteiger partial charge in [-0.15, -0.1) is 0 Å². The number of anilines is 1. The lowest BCUT2D eigenvalue weighted by molar-refractivity contribution is -0.164. The van der Waals surface area contributed by atoms with Gasteiger partial charge in [0.2, 0.25) is 11.8 Å². The maximum absolute atomic E-state index is 15.8. The maximum atomic E-state index is 15.8. The summed E-state index contributed by atoms with van der Waals surface area (Å²) in [4.78, 5) is 92.6. The summed E-state index contributed by atoms with van der Waals surface area (Å²) in [6, 6.07) is 18.9. The Morgan fingerprint density at radius 1 is 0.586 bits per heavy atom. The lowest BCUT2D eigenvalue weighted by atomic mass is 9.59. The van der Waals surface area contributed by atoms with Crippen LogP contribution < -0.4 is 10.6 Å². The van der Waals surface area contributed by atoms with Gasteiger partial charge in [-0.1, -0.05) is 185 Å². The number of nitrogens with zero attached hydrogens (tertiary/aromatic N) is 1.